The maximum absolute atomic E-state index is 12.1. The van der Waals surface area contributed by atoms with Crippen molar-refractivity contribution in [2.45, 2.75) is 0 Å². The Morgan fingerprint density at radius 1 is 1.39 bits per heavy atom. The fourth-order valence-electron chi connectivity index (χ4n) is 1.83. The molecule has 0 radical (unpaired) electrons. The summed E-state index contributed by atoms with van der Waals surface area (Å²) < 4.78 is 4.92. The molecule has 0 aliphatic heterocycles. The van der Waals surface area contributed by atoms with Crippen molar-refractivity contribution in [1.82, 2.24) is 10.3 Å². The molecule has 0 aliphatic rings. The standard InChI is InChI=1S/C14H16N2O2/c1-18-8-7-16-10-14(17)12-4-2-3-11-5-6-15-9-13(11)12/h2-6,9,16H,7-8,10H2,1H3. The van der Waals surface area contributed by atoms with Crippen LogP contribution >= 0.6 is 0 Å². The summed E-state index contributed by atoms with van der Waals surface area (Å²) in [5.74, 6) is 0.0738. The zero-order chi connectivity index (χ0) is 12.8. The molecule has 0 fully saturated rings. The summed E-state index contributed by atoms with van der Waals surface area (Å²) in [5, 5.41) is 4.99. The number of ether oxygens (including phenoxy) is 1. The maximum Gasteiger partial charge on any atom is 0.177 e. The first-order chi connectivity index (χ1) is 8.83. The molecule has 0 saturated heterocycles. The van der Waals surface area contributed by atoms with Crippen molar-refractivity contribution < 1.29 is 9.53 Å². The highest BCUT2D eigenvalue weighted by atomic mass is 16.5. The molecule has 1 heterocycles. The molecule has 0 atom stereocenters. The number of pyridine rings is 1. The molecule has 0 aliphatic carbocycles. The summed E-state index contributed by atoms with van der Waals surface area (Å²) in [5.41, 5.74) is 0.713. The topological polar surface area (TPSA) is 51.2 Å². The minimum atomic E-state index is 0.0738. The number of nitrogens with one attached hydrogen (secondary N) is 1. The van der Waals surface area contributed by atoms with E-state index in [1.807, 2.05) is 24.3 Å². The van der Waals surface area contributed by atoms with Crippen LogP contribution in [0.25, 0.3) is 10.8 Å². The highest BCUT2D eigenvalue weighted by Crippen LogP contribution is 2.17. The van der Waals surface area contributed by atoms with E-state index in [0.29, 0.717) is 25.3 Å². The number of Topliss-reactive ketones (excluding diaryl/α,β-unsaturated/α-hetero) is 1. The Kier molecular flexibility index (Phi) is 4.39. The number of benzene rings is 1. The van der Waals surface area contributed by atoms with Crippen LogP contribution in [0, 0.1) is 0 Å². The van der Waals surface area contributed by atoms with Crippen LogP contribution in [-0.2, 0) is 4.74 Å². The third-order valence-electron chi connectivity index (χ3n) is 2.75. The number of hydrogen-bond donors (Lipinski definition) is 1. The molecule has 0 saturated carbocycles. The summed E-state index contributed by atoms with van der Waals surface area (Å²) in [6.07, 6.45) is 3.46. The van der Waals surface area contributed by atoms with Gasteiger partial charge < -0.3 is 10.1 Å². The van der Waals surface area contributed by atoms with Gasteiger partial charge in [0.05, 0.1) is 13.2 Å². The number of carbonyl (C=O) groups is 1. The minimum Gasteiger partial charge on any atom is -0.383 e. The summed E-state index contributed by atoms with van der Waals surface area (Å²) in [6, 6.07) is 7.62. The van der Waals surface area contributed by atoms with Gasteiger partial charge in [0, 0.05) is 37.0 Å². The van der Waals surface area contributed by atoms with E-state index >= 15 is 0 Å². The predicted octanol–water partition coefficient (Wildman–Crippen LogP) is 1.65. The second-order valence-electron chi connectivity index (χ2n) is 4.00. The van der Waals surface area contributed by atoms with Crippen molar-refractivity contribution in [3.8, 4) is 0 Å². The molecule has 94 valence electrons. The van der Waals surface area contributed by atoms with Crippen LogP contribution in [-0.4, -0.2) is 37.6 Å². The van der Waals surface area contributed by atoms with Crippen LogP contribution in [0.3, 0.4) is 0 Å². The Morgan fingerprint density at radius 3 is 3.11 bits per heavy atom. The van der Waals surface area contributed by atoms with Gasteiger partial charge in [-0.1, -0.05) is 18.2 Å². The van der Waals surface area contributed by atoms with Gasteiger partial charge in [0.2, 0.25) is 0 Å². The zero-order valence-electron chi connectivity index (χ0n) is 10.3. The molecule has 0 amide bonds. The molecule has 0 spiro atoms. The number of rotatable bonds is 6. The van der Waals surface area contributed by atoms with Gasteiger partial charge in [-0.3, -0.25) is 9.78 Å². The van der Waals surface area contributed by atoms with Gasteiger partial charge in [-0.05, 0) is 11.5 Å². The van der Waals surface area contributed by atoms with Crippen LogP contribution in [0.15, 0.2) is 36.7 Å². The Bertz CT molecular complexity index is 535. The Hall–Kier alpha value is -1.78. The summed E-state index contributed by atoms with van der Waals surface area (Å²) in [4.78, 5) is 16.2. The molecule has 1 N–H and O–H groups in total. The summed E-state index contributed by atoms with van der Waals surface area (Å²) in [7, 11) is 1.64. The Balaban J connectivity index is 2.13. The number of ketones is 1. The largest absolute Gasteiger partial charge is 0.383 e. The first kappa shape index (κ1) is 12.7. The monoisotopic (exact) mass is 244 g/mol. The van der Waals surface area contributed by atoms with E-state index in [9.17, 15) is 4.79 Å². The number of hydrogen-bond acceptors (Lipinski definition) is 4. The van der Waals surface area contributed by atoms with E-state index in [0.717, 1.165) is 10.8 Å². The highest BCUT2D eigenvalue weighted by molar-refractivity contribution is 6.08. The SMILES string of the molecule is COCCNCC(=O)c1cccc2ccncc12. The molecule has 2 aromatic rings. The van der Waals surface area contributed by atoms with Crippen molar-refractivity contribution in [3.63, 3.8) is 0 Å². The normalized spacial score (nSPS) is 10.7. The van der Waals surface area contributed by atoms with Gasteiger partial charge in [-0.15, -0.1) is 0 Å². The van der Waals surface area contributed by atoms with E-state index in [2.05, 4.69) is 10.3 Å². The van der Waals surface area contributed by atoms with Crippen molar-refractivity contribution in [2.75, 3.05) is 26.8 Å². The predicted molar refractivity (Wildman–Crippen MR) is 70.8 cm³/mol. The second-order valence-corrected chi connectivity index (χ2v) is 4.00. The van der Waals surface area contributed by atoms with Crippen molar-refractivity contribution in [1.29, 1.82) is 0 Å². The van der Waals surface area contributed by atoms with Crippen LogP contribution in [0.5, 0.6) is 0 Å². The van der Waals surface area contributed by atoms with Crippen LogP contribution < -0.4 is 5.32 Å². The zero-order valence-corrected chi connectivity index (χ0v) is 10.3. The molecular weight excluding hydrogens is 228 g/mol. The number of aromatic nitrogens is 1. The first-order valence-corrected chi connectivity index (χ1v) is 5.88. The molecule has 4 heteroatoms. The Morgan fingerprint density at radius 2 is 2.28 bits per heavy atom. The van der Waals surface area contributed by atoms with E-state index in [4.69, 9.17) is 4.74 Å². The fourth-order valence-corrected chi connectivity index (χ4v) is 1.83. The first-order valence-electron chi connectivity index (χ1n) is 5.88. The molecule has 0 unspecified atom stereocenters. The number of methoxy groups -OCH3 is 1. The lowest BCUT2D eigenvalue weighted by atomic mass is 10.0. The molecule has 18 heavy (non-hydrogen) atoms. The van der Waals surface area contributed by atoms with Gasteiger partial charge >= 0.3 is 0 Å². The number of fused-ring (bicyclic) bond motifs is 1. The van der Waals surface area contributed by atoms with E-state index < -0.39 is 0 Å². The summed E-state index contributed by atoms with van der Waals surface area (Å²) in [6.45, 7) is 1.59. The molecular formula is C14H16N2O2. The summed E-state index contributed by atoms with van der Waals surface area (Å²) >= 11 is 0. The average molecular weight is 244 g/mol. The lowest BCUT2D eigenvalue weighted by molar-refractivity contribution is 0.0989. The second kappa shape index (κ2) is 6.23. The minimum absolute atomic E-state index is 0.0738. The van der Waals surface area contributed by atoms with Crippen molar-refractivity contribution in [2.24, 2.45) is 0 Å². The number of nitrogens with zero attached hydrogens (tertiary/aromatic N) is 1. The smallest absolute Gasteiger partial charge is 0.177 e. The van der Waals surface area contributed by atoms with Gasteiger partial charge in [0.25, 0.3) is 0 Å². The van der Waals surface area contributed by atoms with Crippen LogP contribution in [0.4, 0.5) is 0 Å². The Labute approximate surface area is 106 Å². The third-order valence-corrected chi connectivity index (χ3v) is 2.75. The van der Waals surface area contributed by atoms with Gasteiger partial charge in [-0.25, -0.2) is 0 Å². The van der Waals surface area contributed by atoms with Gasteiger partial charge in [0.15, 0.2) is 5.78 Å². The van der Waals surface area contributed by atoms with Gasteiger partial charge in [-0.2, -0.15) is 0 Å². The van der Waals surface area contributed by atoms with Crippen molar-refractivity contribution in [3.05, 3.63) is 42.2 Å². The average Bonchev–Trinajstić information content (AvgIpc) is 2.43. The quantitative estimate of drug-likeness (QED) is 0.620. The van der Waals surface area contributed by atoms with E-state index in [1.54, 1.807) is 19.5 Å². The molecule has 4 nitrogen and oxygen atoms in total. The lowest BCUT2D eigenvalue weighted by Gasteiger charge is -2.06. The molecule has 2 rings (SSSR count). The van der Waals surface area contributed by atoms with Crippen molar-refractivity contribution >= 4 is 16.6 Å². The van der Waals surface area contributed by atoms with E-state index in [-0.39, 0.29) is 5.78 Å². The highest BCUT2D eigenvalue weighted by Gasteiger charge is 2.09. The lowest BCUT2D eigenvalue weighted by Crippen LogP contribution is -2.26. The number of carbonyl (C=O) groups excluding carboxylic acids is 1. The van der Waals surface area contributed by atoms with Crippen LogP contribution in [0.2, 0.25) is 0 Å². The third kappa shape index (κ3) is 2.91. The molecule has 1 aromatic heterocycles. The maximum atomic E-state index is 12.1. The van der Waals surface area contributed by atoms with Gasteiger partial charge in [0.1, 0.15) is 0 Å². The molecule has 1 aromatic carbocycles. The van der Waals surface area contributed by atoms with Crippen LogP contribution in [0.1, 0.15) is 10.4 Å². The van der Waals surface area contributed by atoms with E-state index in [1.165, 1.54) is 0 Å². The molecule has 0 bridgehead atoms. The fraction of sp³-hybridized carbons (Fsp3) is 0.286.